The number of likely N-dealkylation sites (tertiary alicyclic amines) is 1. The zero-order valence-electron chi connectivity index (χ0n) is 17.9. The molecule has 160 valence electrons. The number of aromatic nitrogens is 1. The van der Waals surface area contributed by atoms with Crippen molar-refractivity contribution in [3.8, 4) is 5.75 Å². The van der Waals surface area contributed by atoms with Crippen LogP contribution in [-0.4, -0.2) is 53.1 Å². The van der Waals surface area contributed by atoms with Crippen LogP contribution in [0.25, 0.3) is 0 Å². The first-order valence-corrected chi connectivity index (χ1v) is 11.2. The summed E-state index contributed by atoms with van der Waals surface area (Å²) >= 11 is 0. The number of fused-ring (bicyclic) bond motifs is 4. The Labute approximate surface area is 178 Å². The number of piperidine rings is 3. The number of benzene rings is 1. The van der Waals surface area contributed by atoms with Crippen molar-refractivity contribution in [2.45, 2.75) is 57.7 Å². The van der Waals surface area contributed by atoms with Crippen LogP contribution in [0, 0.1) is 18.8 Å². The lowest BCUT2D eigenvalue weighted by atomic mass is 9.70. The number of methoxy groups -OCH3 is 1. The van der Waals surface area contributed by atoms with Crippen LogP contribution in [0.5, 0.6) is 5.75 Å². The van der Waals surface area contributed by atoms with Crippen molar-refractivity contribution in [2.75, 3.05) is 20.2 Å². The van der Waals surface area contributed by atoms with E-state index in [1.165, 1.54) is 12.0 Å². The highest BCUT2D eigenvalue weighted by atomic mass is 16.5. The summed E-state index contributed by atoms with van der Waals surface area (Å²) in [6.45, 7) is 4.81. The van der Waals surface area contributed by atoms with Crippen molar-refractivity contribution < 1.29 is 14.1 Å². The molecule has 4 atom stereocenters. The minimum Gasteiger partial charge on any atom is -0.497 e. The van der Waals surface area contributed by atoms with Gasteiger partial charge in [0.25, 0.3) is 0 Å². The van der Waals surface area contributed by atoms with Crippen molar-refractivity contribution in [1.82, 2.24) is 15.0 Å². The number of rotatable bonds is 5. The summed E-state index contributed by atoms with van der Waals surface area (Å²) in [5.41, 5.74) is 2.18. The predicted molar refractivity (Wildman–Crippen MR) is 113 cm³/mol. The maximum atomic E-state index is 13.0. The second-order valence-corrected chi connectivity index (χ2v) is 9.27. The molecule has 0 unspecified atom stereocenters. The quantitative estimate of drug-likeness (QED) is 0.757. The number of hydrogen-bond donors (Lipinski definition) is 0. The van der Waals surface area contributed by atoms with Gasteiger partial charge in [0, 0.05) is 37.7 Å². The molecule has 3 saturated heterocycles. The van der Waals surface area contributed by atoms with E-state index >= 15 is 0 Å². The Balaban J connectivity index is 1.40. The van der Waals surface area contributed by atoms with E-state index in [0.717, 1.165) is 56.1 Å². The van der Waals surface area contributed by atoms with Gasteiger partial charge >= 0.3 is 0 Å². The number of carbonyl (C=O) groups is 1. The van der Waals surface area contributed by atoms with Crippen LogP contribution in [0.3, 0.4) is 0 Å². The van der Waals surface area contributed by atoms with Crippen molar-refractivity contribution >= 4 is 5.91 Å². The van der Waals surface area contributed by atoms with Gasteiger partial charge in [-0.15, -0.1) is 0 Å². The summed E-state index contributed by atoms with van der Waals surface area (Å²) in [4.78, 5) is 17.8. The molecule has 3 fully saturated rings. The molecular weight excluding hydrogens is 378 g/mol. The Morgan fingerprint density at radius 3 is 2.90 bits per heavy atom. The third-order valence-corrected chi connectivity index (χ3v) is 7.21. The molecule has 0 radical (unpaired) electrons. The molecule has 0 N–H and O–H groups in total. The first-order valence-electron chi connectivity index (χ1n) is 11.2. The van der Waals surface area contributed by atoms with Gasteiger partial charge in [-0.3, -0.25) is 9.69 Å². The van der Waals surface area contributed by atoms with Crippen molar-refractivity contribution in [3.05, 3.63) is 47.3 Å². The van der Waals surface area contributed by atoms with Crippen molar-refractivity contribution in [1.29, 1.82) is 0 Å². The molecule has 30 heavy (non-hydrogen) atoms. The highest BCUT2D eigenvalue weighted by Crippen LogP contribution is 2.43. The molecule has 1 amide bonds. The second kappa shape index (κ2) is 8.06. The van der Waals surface area contributed by atoms with Crippen LogP contribution >= 0.6 is 0 Å². The summed E-state index contributed by atoms with van der Waals surface area (Å²) in [7, 11) is 1.71. The molecule has 6 heteroatoms. The van der Waals surface area contributed by atoms with Gasteiger partial charge in [-0.05, 0) is 62.1 Å². The number of ether oxygens (including phenoxy) is 1. The predicted octanol–water partition coefficient (Wildman–Crippen LogP) is 3.44. The molecule has 3 aliphatic rings. The lowest BCUT2D eigenvalue weighted by molar-refractivity contribution is -0.153. The largest absolute Gasteiger partial charge is 0.497 e. The molecule has 6 nitrogen and oxygen atoms in total. The molecule has 4 heterocycles. The molecule has 5 rings (SSSR count). The van der Waals surface area contributed by atoms with E-state index in [1.54, 1.807) is 7.11 Å². The van der Waals surface area contributed by atoms with Gasteiger partial charge in [-0.25, -0.2) is 0 Å². The van der Waals surface area contributed by atoms with E-state index < -0.39 is 0 Å². The Kier molecular flexibility index (Phi) is 5.27. The third-order valence-electron chi connectivity index (χ3n) is 7.21. The fraction of sp³-hybridized carbons (Fsp3) is 0.583. The molecule has 0 saturated carbocycles. The average molecular weight is 410 g/mol. The van der Waals surface area contributed by atoms with Gasteiger partial charge in [0.05, 0.1) is 19.3 Å². The molecule has 3 aliphatic heterocycles. The standard InChI is InChI=1S/C24H31N3O3/c1-16-9-21(30-25-16)15-26-13-18-12-19(14-26)23(27-22(18)7-4-8-24(27)28)11-17-5-3-6-20(10-17)29-2/h3,5-6,9-10,18-19,22-23H,4,7-8,11-15H2,1-2H3/t18-,19+,22+,23+/m1/s1. The van der Waals surface area contributed by atoms with Gasteiger partial charge < -0.3 is 14.2 Å². The summed E-state index contributed by atoms with van der Waals surface area (Å²) in [5, 5.41) is 4.05. The van der Waals surface area contributed by atoms with Crippen LogP contribution in [0.4, 0.5) is 0 Å². The molecule has 2 bridgehead atoms. The fourth-order valence-electron chi connectivity index (χ4n) is 6.02. The Morgan fingerprint density at radius 1 is 1.23 bits per heavy atom. The Hall–Kier alpha value is -2.34. The average Bonchev–Trinajstić information content (AvgIpc) is 3.16. The van der Waals surface area contributed by atoms with Crippen LogP contribution in [0.1, 0.15) is 42.7 Å². The molecule has 2 aromatic rings. The molecule has 0 aliphatic carbocycles. The van der Waals surface area contributed by atoms with Gasteiger partial charge in [-0.1, -0.05) is 17.3 Å². The SMILES string of the molecule is COc1cccc(C[C@H]2[C@H]3C[C@H](CN(Cc4cc(C)no4)C3)[C@@H]3CCCC(=O)N32)c1. The third kappa shape index (κ3) is 3.73. The van der Waals surface area contributed by atoms with E-state index in [0.29, 0.717) is 30.2 Å². The molecular formula is C24H31N3O3. The zero-order valence-corrected chi connectivity index (χ0v) is 17.9. The maximum Gasteiger partial charge on any atom is 0.223 e. The van der Waals surface area contributed by atoms with Crippen LogP contribution < -0.4 is 4.74 Å². The Morgan fingerprint density at radius 2 is 2.10 bits per heavy atom. The van der Waals surface area contributed by atoms with E-state index in [4.69, 9.17) is 9.26 Å². The first-order chi connectivity index (χ1) is 14.6. The van der Waals surface area contributed by atoms with E-state index in [1.807, 2.05) is 19.1 Å². The topological polar surface area (TPSA) is 58.8 Å². The highest BCUT2D eigenvalue weighted by Gasteiger charge is 2.49. The lowest BCUT2D eigenvalue weighted by Crippen LogP contribution is -2.65. The molecule has 1 aromatic heterocycles. The van der Waals surface area contributed by atoms with Crippen LogP contribution in [0.15, 0.2) is 34.9 Å². The summed E-state index contributed by atoms with van der Waals surface area (Å²) in [6.07, 6.45) is 4.97. The van der Waals surface area contributed by atoms with E-state index in [9.17, 15) is 4.79 Å². The van der Waals surface area contributed by atoms with E-state index in [-0.39, 0.29) is 6.04 Å². The number of nitrogens with zero attached hydrogens (tertiary/aromatic N) is 3. The first kappa shape index (κ1) is 19.6. The number of aryl methyl sites for hydroxylation is 1. The highest BCUT2D eigenvalue weighted by molar-refractivity contribution is 5.78. The fourth-order valence-corrected chi connectivity index (χ4v) is 6.02. The van der Waals surface area contributed by atoms with Gasteiger partial charge in [0.2, 0.25) is 5.91 Å². The zero-order chi connectivity index (χ0) is 20.7. The van der Waals surface area contributed by atoms with Gasteiger partial charge in [0.15, 0.2) is 5.76 Å². The molecule has 0 spiro atoms. The minimum absolute atomic E-state index is 0.255. The van der Waals surface area contributed by atoms with Gasteiger partial charge in [-0.2, -0.15) is 0 Å². The molecule has 1 aromatic carbocycles. The summed E-state index contributed by atoms with van der Waals surface area (Å²) < 4.78 is 10.9. The summed E-state index contributed by atoms with van der Waals surface area (Å²) in [6, 6.07) is 11.0. The number of carbonyl (C=O) groups excluding carboxylic acids is 1. The Bertz CT molecular complexity index is 911. The van der Waals surface area contributed by atoms with Crippen molar-refractivity contribution in [2.24, 2.45) is 11.8 Å². The minimum atomic E-state index is 0.255. The van der Waals surface area contributed by atoms with Gasteiger partial charge in [0.1, 0.15) is 5.75 Å². The number of hydrogen-bond acceptors (Lipinski definition) is 5. The van der Waals surface area contributed by atoms with Crippen molar-refractivity contribution in [3.63, 3.8) is 0 Å². The smallest absolute Gasteiger partial charge is 0.223 e. The van der Waals surface area contributed by atoms with E-state index in [2.05, 4.69) is 33.2 Å². The second-order valence-electron chi connectivity index (χ2n) is 9.27. The lowest BCUT2D eigenvalue weighted by Gasteiger charge is -2.56. The maximum absolute atomic E-state index is 13.0. The van der Waals surface area contributed by atoms with Crippen LogP contribution in [-0.2, 0) is 17.8 Å². The number of amides is 1. The summed E-state index contributed by atoms with van der Waals surface area (Å²) in [5.74, 6) is 3.21. The normalized spacial score (nSPS) is 29.0. The van der Waals surface area contributed by atoms with Crippen LogP contribution in [0.2, 0.25) is 0 Å². The monoisotopic (exact) mass is 409 g/mol.